The SMILES string of the molecule is CC(C)SC1(C=O)CCCC1=O. The molecule has 12 heavy (non-hydrogen) atoms. The molecule has 1 rings (SSSR count). The van der Waals surface area contributed by atoms with E-state index in [0.717, 1.165) is 19.1 Å². The van der Waals surface area contributed by atoms with E-state index in [-0.39, 0.29) is 5.78 Å². The van der Waals surface area contributed by atoms with Gasteiger partial charge in [0.2, 0.25) is 0 Å². The molecule has 0 saturated heterocycles. The Morgan fingerprint density at radius 3 is 2.58 bits per heavy atom. The molecule has 0 N–H and O–H groups in total. The largest absolute Gasteiger partial charge is 0.301 e. The van der Waals surface area contributed by atoms with Crippen LogP contribution in [0.1, 0.15) is 33.1 Å². The van der Waals surface area contributed by atoms with E-state index in [4.69, 9.17) is 0 Å². The molecule has 2 nitrogen and oxygen atoms in total. The Labute approximate surface area is 77.1 Å². The highest BCUT2D eigenvalue weighted by molar-refractivity contribution is 8.02. The van der Waals surface area contributed by atoms with Gasteiger partial charge in [-0.15, -0.1) is 11.8 Å². The Kier molecular flexibility index (Phi) is 2.94. The van der Waals surface area contributed by atoms with Crippen molar-refractivity contribution < 1.29 is 9.59 Å². The predicted octanol–water partition coefficient (Wildman–Crippen LogP) is 1.82. The first-order valence-electron chi connectivity index (χ1n) is 4.28. The zero-order valence-corrected chi connectivity index (χ0v) is 8.32. The zero-order chi connectivity index (χ0) is 9.19. The average Bonchev–Trinajstić information content (AvgIpc) is 2.32. The Hall–Kier alpha value is -0.310. The molecule has 0 aromatic heterocycles. The van der Waals surface area contributed by atoms with E-state index in [9.17, 15) is 9.59 Å². The van der Waals surface area contributed by atoms with E-state index in [1.54, 1.807) is 0 Å². The minimum atomic E-state index is -0.686. The first-order valence-corrected chi connectivity index (χ1v) is 5.16. The molecule has 1 atom stereocenters. The van der Waals surface area contributed by atoms with Gasteiger partial charge in [-0.05, 0) is 12.8 Å². The summed E-state index contributed by atoms with van der Waals surface area (Å²) in [5.41, 5.74) is 0. The zero-order valence-electron chi connectivity index (χ0n) is 7.50. The number of hydrogen-bond donors (Lipinski definition) is 0. The average molecular weight is 186 g/mol. The van der Waals surface area contributed by atoms with Crippen molar-refractivity contribution in [1.29, 1.82) is 0 Å². The van der Waals surface area contributed by atoms with Gasteiger partial charge >= 0.3 is 0 Å². The lowest BCUT2D eigenvalue weighted by Gasteiger charge is -2.21. The van der Waals surface area contributed by atoms with E-state index in [2.05, 4.69) is 0 Å². The summed E-state index contributed by atoms with van der Waals surface area (Å²) in [5.74, 6) is 0.121. The van der Waals surface area contributed by atoms with Gasteiger partial charge in [-0.25, -0.2) is 0 Å². The summed E-state index contributed by atoms with van der Waals surface area (Å²) in [5, 5.41) is 0.345. The summed E-state index contributed by atoms with van der Waals surface area (Å²) in [6, 6.07) is 0. The topological polar surface area (TPSA) is 34.1 Å². The minimum absolute atomic E-state index is 0.121. The van der Waals surface area contributed by atoms with Crippen LogP contribution in [0.15, 0.2) is 0 Å². The van der Waals surface area contributed by atoms with Crippen molar-refractivity contribution in [2.75, 3.05) is 0 Å². The maximum atomic E-state index is 11.4. The summed E-state index contributed by atoms with van der Waals surface area (Å²) in [6.45, 7) is 4.03. The Bertz CT molecular complexity index is 201. The van der Waals surface area contributed by atoms with Gasteiger partial charge in [0.1, 0.15) is 11.0 Å². The third-order valence-corrected chi connectivity index (χ3v) is 3.48. The Morgan fingerprint density at radius 1 is 1.58 bits per heavy atom. The van der Waals surface area contributed by atoms with Crippen molar-refractivity contribution >= 4 is 23.8 Å². The first-order chi connectivity index (χ1) is 5.60. The van der Waals surface area contributed by atoms with Crippen LogP contribution in [-0.4, -0.2) is 22.1 Å². The van der Waals surface area contributed by atoms with Gasteiger partial charge in [-0.2, -0.15) is 0 Å². The molecular weight excluding hydrogens is 172 g/mol. The van der Waals surface area contributed by atoms with Crippen molar-refractivity contribution in [1.82, 2.24) is 0 Å². The molecule has 0 radical (unpaired) electrons. The Balaban J connectivity index is 2.74. The van der Waals surface area contributed by atoms with E-state index in [1.807, 2.05) is 13.8 Å². The van der Waals surface area contributed by atoms with Crippen LogP contribution in [0.3, 0.4) is 0 Å². The third-order valence-electron chi connectivity index (χ3n) is 2.06. The van der Waals surface area contributed by atoms with Crippen LogP contribution in [-0.2, 0) is 9.59 Å². The summed E-state index contributed by atoms with van der Waals surface area (Å²) < 4.78 is -0.686. The van der Waals surface area contributed by atoms with Crippen LogP contribution >= 0.6 is 11.8 Å². The second-order valence-electron chi connectivity index (χ2n) is 3.45. The van der Waals surface area contributed by atoms with Gasteiger partial charge in [0, 0.05) is 11.7 Å². The molecule has 0 amide bonds. The molecule has 1 aliphatic carbocycles. The number of hydrogen-bond acceptors (Lipinski definition) is 3. The van der Waals surface area contributed by atoms with Crippen LogP contribution in [0.5, 0.6) is 0 Å². The van der Waals surface area contributed by atoms with Gasteiger partial charge < -0.3 is 4.79 Å². The number of thioether (sulfide) groups is 1. The third kappa shape index (κ3) is 1.71. The molecule has 0 aliphatic heterocycles. The fourth-order valence-electron chi connectivity index (χ4n) is 1.56. The molecule has 0 aromatic rings. The lowest BCUT2D eigenvalue weighted by Crippen LogP contribution is -2.33. The smallest absolute Gasteiger partial charge is 0.156 e. The molecule has 0 bridgehead atoms. The van der Waals surface area contributed by atoms with Gasteiger partial charge in [-0.3, -0.25) is 4.79 Å². The summed E-state index contributed by atoms with van der Waals surface area (Å²) in [7, 11) is 0. The number of carbonyl (C=O) groups is 2. The molecule has 0 aromatic carbocycles. The lowest BCUT2D eigenvalue weighted by molar-refractivity contribution is -0.123. The summed E-state index contributed by atoms with van der Waals surface area (Å²) in [4.78, 5) is 22.2. The second-order valence-corrected chi connectivity index (χ2v) is 5.36. The maximum absolute atomic E-state index is 11.4. The standard InChI is InChI=1S/C9H14O2S/c1-7(2)12-9(6-10)5-3-4-8(9)11/h6-7H,3-5H2,1-2H3. The van der Waals surface area contributed by atoms with Crippen molar-refractivity contribution in [3.05, 3.63) is 0 Å². The molecule has 0 heterocycles. The molecule has 1 unspecified atom stereocenters. The minimum Gasteiger partial charge on any atom is -0.301 e. The lowest BCUT2D eigenvalue weighted by atomic mass is 10.1. The molecule has 3 heteroatoms. The number of aldehydes is 1. The Morgan fingerprint density at radius 2 is 2.25 bits per heavy atom. The molecule has 0 spiro atoms. The quantitative estimate of drug-likeness (QED) is 0.498. The van der Waals surface area contributed by atoms with Crippen molar-refractivity contribution in [2.24, 2.45) is 0 Å². The fourth-order valence-corrected chi connectivity index (χ4v) is 2.95. The molecule has 1 aliphatic rings. The normalized spacial score (nSPS) is 29.8. The molecule has 68 valence electrons. The number of Topliss-reactive ketones (excluding diaryl/α,β-unsaturated/α-hetero) is 1. The molecular formula is C9H14O2S. The highest BCUT2D eigenvalue weighted by Gasteiger charge is 2.42. The van der Waals surface area contributed by atoms with E-state index >= 15 is 0 Å². The highest BCUT2D eigenvalue weighted by atomic mass is 32.2. The number of carbonyl (C=O) groups excluding carboxylic acids is 2. The van der Waals surface area contributed by atoms with Crippen LogP contribution in [0, 0.1) is 0 Å². The van der Waals surface area contributed by atoms with E-state index < -0.39 is 4.75 Å². The molecule has 1 fully saturated rings. The fraction of sp³-hybridized carbons (Fsp3) is 0.778. The van der Waals surface area contributed by atoms with Gasteiger partial charge in [0.25, 0.3) is 0 Å². The maximum Gasteiger partial charge on any atom is 0.156 e. The monoisotopic (exact) mass is 186 g/mol. The van der Waals surface area contributed by atoms with Crippen LogP contribution in [0.25, 0.3) is 0 Å². The summed E-state index contributed by atoms with van der Waals surface area (Å²) in [6.07, 6.45) is 3.03. The summed E-state index contributed by atoms with van der Waals surface area (Å²) >= 11 is 1.50. The van der Waals surface area contributed by atoms with Crippen LogP contribution < -0.4 is 0 Å². The van der Waals surface area contributed by atoms with Crippen LogP contribution in [0.2, 0.25) is 0 Å². The van der Waals surface area contributed by atoms with Crippen molar-refractivity contribution in [2.45, 2.75) is 43.1 Å². The van der Waals surface area contributed by atoms with Gasteiger partial charge in [0.05, 0.1) is 0 Å². The van der Waals surface area contributed by atoms with Crippen molar-refractivity contribution in [3.8, 4) is 0 Å². The van der Waals surface area contributed by atoms with E-state index in [0.29, 0.717) is 11.7 Å². The highest BCUT2D eigenvalue weighted by Crippen LogP contribution is 2.39. The first kappa shape index (κ1) is 9.78. The number of ketones is 1. The van der Waals surface area contributed by atoms with Gasteiger partial charge in [-0.1, -0.05) is 13.8 Å². The van der Waals surface area contributed by atoms with Gasteiger partial charge in [0.15, 0.2) is 5.78 Å². The van der Waals surface area contributed by atoms with Crippen LogP contribution in [0.4, 0.5) is 0 Å². The second kappa shape index (κ2) is 3.60. The number of rotatable bonds is 3. The van der Waals surface area contributed by atoms with Crippen molar-refractivity contribution in [3.63, 3.8) is 0 Å². The molecule has 1 saturated carbocycles. The predicted molar refractivity (Wildman–Crippen MR) is 50.4 cm³/mol. The van der Waals surface area contributed by atoms with E-state index in [1.165, 1.54) is 11.8 Å².